The third-order valence-corrected chi connectivity index (χ3v) is 3.31. The van der Waals surface area contributed by atoms with Gasteiger partial charge in [-0.1, -0.05) is 11.3 Å². The predicted molar refractivity (Wildman–Crippen MR) is 73.2 cm³/mol. The highest BCUT2D eigenvalue weighted by molar-refractivity contribution is 7.16. The second-order valence-electron chi connectivity index (χ2n) is 4.99. The van der Waals surface area contributed by atoms with E-state index in [4.69, 9.17) is 4.74 Å². The second kappa shape index (κ2) is 5.95. The lowest BCUT2D eigenvalue weighted by molar-refractivity contribution is 0.0636. The lowest BCUT2D eigenvalue weighted by Gasteiger charge is -2.18. The Morgan fingerprint density at radius 2 is 2.16 bits per heavy atom. The molecule has 104 valence electrons. The molecule has 0 aromatic carbocycles. The minimum Gasteiger partial charge on any atom is -0.444 e. The Morgan fingerprint density at radius 3 is 2.68 bits per heavy atom. The van der Waals surface area contributed by atoms with Crippen LogP contribution >= 0.6 is 11.3 Å². The van der Waals surface area contributed by atoms with E-state index in [1.165, 1.54) is 17.4 Å². The number of hydrogen-bond acceptors (Lipinski definition) is 6. The highest BCUT2D eigenvalue weighted by Crippen LogP contribution is 2.30. The van der Waals surface area contributed by atoms with Gasteiger partial charge >= 0.3 is 6.09 Å². The van der Waals surface area contributed by atoms with Crippen molar-refractivity contribution in [1.29, 1.82) is 0 Å². The van der Waals surface area contributed by atoms with Crippen molar-refractivity contribution in [2.45, 2.75) is 46.3 Å². The van der Waals surface area contributed by atoms with Gasteiger partial charge in [-0.25, -0.2) is 14.6 Å². The molecule has 0 aliphatic rings. The number of anilines is 1. The number of carbonyl (C=O) groups is 1. The number of isocyanates is 1. The number of ether oxygens (including phenoxy) is 1. The van der Waals surface area contributed by atoms with Gasteiger partial charge in [0.2, 0.25) is 6.08 Å². The van der Waals surface area contributed by atoms with Crippen molar-refractivity contribution >= 4 is 28.6 Å². The van der Waals surface area contributed by atoms with Gasteiger partial charge in [0.05, 0.1) is 16.6 Å². The van der Waals surface area contributed by atoms with Crippen LogP contribution in [0.25, 0.3) is 0 Å². The minimum absolute atomic E-state index is 0.316. The summed E-state index contributed by atoms with van der Waals surface area (Å²) in [5.41, 5.74) is 0.163. The molecule has 1 heterocycles. The summed E-state index contributed by atoms with van der Waals surface area (Å²) in [7, 11) is 0. The molecule has 1 atom stereocenters. The Kier molecular flexibility index (Phi) is 4.80. The van der Waals surface area contributed by atoms with Gasteiger partial charge < -0.3 is 4.74 Å². The quantitative estimate of drug-likeness (QED) is 0.682. The van der Waals surface area contributed by atoms with E-state index in [0.717, 1.165) is 10.6 Å². The van der Waals surface area contributed by atoms with Crippen molar-refractivity contribution in [3.8, 4) is 0 Å². The first-order valence-electron chi connectivity index (χ1n) is 5.77. The summed E-state index contributed by atoms with van der Waals surface area (Å²) in [4.78, 5) is 30.5. The fourth-order valence-electron chi connectivity index (χ4n) is 1.38. The summed E-state index contributed by atoms with van der Waals surface area (Å²) in [5, 5.41) is 2.99. The second-order valence-corrected chi connectivity index (χ2v) is 6.02. The zero-order chi connectivity index (χ0) is 14.6. The van der Waals surface area contributed by atoms with Gasteiger partial charge in [-0.05, 0) is 34.6 Å². The average Bonchev–Trinajstić information content (AvgIpc) is 2.56. The lowest BCUT2D eigenvalue weighted by atomic mass is 10.2. The Balaban J connectivity index is 2.79. The maximum atomic E-state index is 11.6. The Bertz CT molecular complexity index is 513. The number of aliphatic imine (C=N–C) groups is 1. The van der Waals surface area contributed by atoms with Crippen molar-refractivity contribution in [3.63, 3.8) is 0 Å². The van der Waals surface area contributed by atoms with Gasteiger partial charge in [-0.15, -0.1) is 0 Å². The number of amides is 1. The number of nitrogens with zero attached hydrogens (tertiary/aromatic N) is 2. The summed E-state index contributed by atoms with van der Waals surface area (Å²) >= 11 is 1.27. The molecule has 0 saturated heterocycles. The van der Waals surface area contributed by atoms with Gasteiger partial charge in [0, 0.05) is 0 Å². The first kappa shape index (κ1) is 15.3. The first-order valence-corrected chi connectivity index (χ1v) is 6.59. The van der Waals surface area contributed by atoms with E-state index in [-0.39, 0.29) is 6.04 Å². The molecule has 0 radical (unpaired) electrons. The van der Waals surface area contributed by atoms with Crippen LogP contribution in [0.3, 0.4) is 0 Å². The maximum Gasteiger partial charge on any atom is 0.413 e. The van der Waals surface area contributed by atoms with Crippen molar-refractivity contribution in [2.24, 2.45) is 4.99 Å². The third-order valence-electron chi connectivity index (χ3n) is 2.07. The van der Waals surface area contributed by atoms with E-state index in [0.29, 0.717) is 5.13 Å². The van der Waals surface area contributed by atoms with Crippen molar-refractivity contribution < 1.29 is 14.3 Å². The minimum atomic E-state index is -0.561. The van der Waals surface area contributed by atoms with E-state index in [1.807, 2.05) is 0 Å². The number of rotatable bonds is 3. The fourth-order valence-corrected chi connectivity index (χ4v) is 2.32. The topological polar surface area (TPSA) is 80.7 Å². The molecule has 0 saturated carbocycles. The number of thiazole rings is 1. The lowest BCUT2D eigenvalue weighted by Crippen LogP contribution is -2.27. The van der Waals surface area contributed by atoms with Crippen LogP contribution in [0.2, 0.25) is 0 Å². The zero-order valence-electron chi connectivity index (χ0n) is 11.6. The van der Waals surface area contributed by atoms with Crippen LogP contribution in [-0.2, 0) is 9.53 Å². The molecule has 0 fully saturated rings. The maximum absolute atomic E-state index is 11.6. The monoisotopic (exact) mass is 283 g/mol. The van der Waals surface area contributed by atoms with E-state index >= 15 is 0 Å². The molecule has 1 aromatic heterocycles. The predicted octanol–water partition coefficient (Wildman–Crippen LogP) is 3.20. The van der Waals surface area contributed by atoms with Crippen LogP contribution in [0.5, 0.6) is 0 Å². The summed E-state index contributed by atoms with van der Waals surface area (Å²) < 4.78 is 5.13. The van der Waals surface area contributed by atoms with Crippen molar-refractivity contribution in [2.75, 3.05) is 5.32 Å². The number of nitrogens with one attached hydrogen (secondary N) is 1. The smallest absolute Gasteiger partial charge is 0.413 e. The van der Waals surface area contributed by atoms with Gasteiger partial charge in [0.25, 0.3) is 0 Å². The van der Waals surface area contributed by atoms with Crippen LogP contribution < -0.4 is 5.32 Å². The molecular formula is C12H17N3O3S. The Labute approximate surface area is 115 Å². The van der Waals surface area contributed by atoms with E-state index < -0.39 is 11.7 Å². The molecule has 0 aliphatic carbocycles. The summed E-state index contributed by atoms with van der Waals surface area (Å²) in [6.45, 7) is 8.91. The van der Waals surface area contributed by atoms with Gasteiger partial charge in [0.1, 0.15) is 5.60 Å². The number of carbonyl (C=O) groups excluding carboxylic acids is 2. The molecule has 0 aliphatic heterocycles. The molecule has 19 heavy (non-hydrogen) atoms. The standard InChI is InChI=1S/C12H17N3O3S/c1-7(13-6-16)9-8(2)14-10(19-9)15-11(17)18-12(3,4)5/h7H,1-5H3,(H,14,15,17). The summed E-state index contributed by atoms with van der Waals surface area (Å²) in [6.07, 6.45) is 0.960. The first-order chi connectivity index (χ1) is 8.73. The van der Waals surface area contributed by atoms with Crippen LogP contribution in [0.4, 0.5) is 9.93 Å². The van der Waals surface area contributed by atoms with Gasteiger partial charge in [0.15, 0.2) is 5.13 Å². The summed E-state index contributed by atoms with van der Waals surface area (Å²) in [6, 6.07) is -0.316. The fraction of sp³-hybridized carbons (Fsp3) is 0.583. The normalized spacial score (nSPS) is 12.5. The molecule has 1 N–H and O–H groups in total. The average molecular weight is 283 g/mol. The van der Waals surface area contributed by atoms with Crippen molar-refractivity contribution in [1.82, 2.24) is 4.98 Å². The number of aryl methyl sites for hydroxylation is 1. The zero-order valence-corrected chi connectivity index (χ0v) is 12.4. The molecule has 1 amide bonds. The van der Waals surface area contributed by atoms with Crippen LogP contribution in [0, 0.1) is 6.92 Å². The number of hydrogen-bond donors (Lipinski definition) is 1. The number of aromatic nitrogens is 1. The molecule has 7 heteroatoms. The van der Waals surface area contributed by atoms with Crippen LogP contribution in [0.15, 0.2) is 4.99 Å². The molecule has 1 rings (SSSR count). The highest BCUT2D eigenvalue weighted by Gasteiger charge is 2.19. The SMILES string of the molecule is Cc1nc(NC(=O)OC(C)(C)C)sc1C(C)N=C=O. The van der Waals surface area contributed by atoms with Crippen molar-refractivity contribution in [3.05, 3.63) is 10.6 Å². The molecule has 6 nitrogen and oxygen atoms in total. The van der Waals surface area contributed by atoms with E-state index in [9.17, 15) is 9.59 Å². The van der Waals surface area contributed by atoms with Gasteiger partial charge in [-0.2, -0.15) is 4.99 Å². The van der Waals surface area contributed by atoms with Gasteiger partial charge in [-0.3, -0.25) is 5.32 Å². The van der Waals surface area contributed by atoms with E-state index in [2.05, 4.69) is 15.3 Å². The largest absolute Gasteiger partial charge is 0.444 e. The molecule has 1 aromatic rings. The highest BCUT2D eigenvalue weighted by atomic mass is 32.1. The summed E-state index contributed by atoms with van der Waals surface area (Å²) in [5.74, 6) is 0. The molecule has 1 unspecified atom stereocenters. The van der Waals surface area contributed by atoms with Crippen LogP contribution in [-0.4, -0.2) is 22.8 Å². The Morgan fingerprint density at radius 1 is 1.53 bits per heavy atom. The molecule has 0 bridgehead atoms. The molecule has 0 spiro atoms. The third kappa shape index (κ3) is 4.81. The molecular weight excluding hydrogens is 266 g/mol. The Hall–Kier alpha value is -1.72. The van der Waals surface area contributed by atoms with E-state index in [1.54, 1.807) is 34.6 Å². The van der Waals surface area contributed by atoms with Crippen LogP contribution in [0.1, 0.15) is 44.3 Å².